The Hall–Kier alpha value is -1.55. The van der Waals surface area contributed by atoms with Crippen molar-refractivity contribution in [2.75, 3.05) is 11.6 Å². The zero-order valence-corrected chi connectivity index (χ0v) is 9.08. The molecular formula is C11H11NO2S. The van der Waals surface area contributed by atoms with Crippen LogP contribution >= 0.6 is 0 Å². The minimum Gasteiger partial charge on any atom is -0.346 e. The highest BCUT2D eigenvalue weighted by Crippen LogP contribution is 2.22. The molecule has 4 heteroatoms. The summed E-state index contributed by atoms with van der Waals surface area (Å²) in [6.45, 7) is 0. The number of hydrogen-bond donors (Lipinski definition) is 1. The minimum atomic E-state index is -3.19. The predicted molar refractivity (Wildman–Crippen MR) is 62.0 cm³/mol. The van der Waals surface area contributed by atoms with Crippen molar-refractivity contribution in [1.82, 2.24) is 0 Å². The third-order valence-electron chi connectivity index (χ3n) is 2.14. The van der Waals surface area contributed by atoms with Crippen LogP contribution in [0, 0.1) is 0 Å². The van der Waals surface area contributed by atoms with Crippen LogP contribution in [0.2, 0.25) is 0 Å². The number of hydrogen-bond acceptors (Lipinski definition) is 3. The molecule has 0 aliphatic carbocycles. The third kappa shape index (κ3) is 2.10. The maximum atomic E-state index is 11.4. The summed E-state index contributed by atoms with van der Waals surface area (Å²) in [7, 11) is -3.19. The van der Waals surface area contributed by atoms with Crippen LogP contribution in [-0.4, -0.2) is 14.7 Å². The standard InChI is InChI=1S/C11H11NO2S/c1-15(13,14)11-8-4-6-9-5-2-3-7-10(9)12-11/h2-8,12H,1H3. The van der Waals surface area contributed by atoms with Crippen molar-refractivity contribution in [3.8, 4) is 0 Å². The van der Waals surface area contributed by atoms with E-state index >= 15 is 0 Å². The van der Waals surface area contributed by atoms with Crippen LogP contribution in [-0.2, 0) is 9.84 Å². The van der Waals surface area contributed by atoms with Gasteiger partial charge in [0.25, 0.3) is 0 Å². The van der Waals surface area contributed by atoms with Crippen molar-refractivity contribution in [3.05, 3.63) is 47.0 Å². The van der Waals surface area contributed by atoms with Gasteiger partial charge in [0.05, 0.1) is 0 Å². The normalized spacial score (nSPS) is 14.9. The second-order valence-corrected chi connectivity index (χ2v) is 5.36. The maximum absolute atomic E-state index is 11.4. The Kier molecular flexibility index (Phi) is 2.36. The molecule has 0 spiro atoms. The molecule has 0 amide bonds. The summed E-state index contributed by atoms with van der Waals surface area (Å²) in [5, 5.41) is 3.14. The Morgan fingerprint density at radius 3 is 2.67 bits per heavy atom. The molecule has 0 radical (unpaired) electrons. The number of anilines is 1. The Bertz CT molecular complexity index is 541. The molecule has 3 nitrogen and oxygen atoms in total. The van der Waals surface area contributed by atoms with E-state index in [1.165, 1.54) is 6.26 Å². The Morgan fingerprint density at radius 2 is 1.93 bits per heavy atom. The lowest BCUT2D eigenvalue weighted by Gasteiger charge is -2.09. The molecule has 1 heterocycles. The number of sulfone groups is 1. The first-order valence-corrected chi connectivity index (χ1v) is 6.41. The highest BCUT2D eigenvalue weighted by molar-refractivity contribution is 7.94. The monoisotopic (exact) mass is 221 g/mol. The highest BCUT2D eigenvalue weighted by Gasteiger charge is 2.13. The lowest BCUT2D eigenvalue weighted by atomic mass is 10.2. The van der Waals surface area contributed by atoms with E-state index in [9.17, 15) is 8.42 Å². The van der Waals surface area contributed by atoms with Gasteiger partial charge >= 0.3 is 0 Å². The van der Waals surface area contributed by atoms with Crippen molar-refractivity contribution in [3.63, 3.8) is 0 Å². The SMILES string of the molecule is CS(=O)(=O)C1=CC=Cc2ccccc2N1. The smallest absolute Gasteiger partial charge is 0.190 e. The van der Waals surface area contributed by atoms with Gasteiger partial charge in [-0.15, -0.1) is 0 Å². The van der Waals surface area contributed by atoms with Gasteiger partial charge in [0.1, 0.15) is 5.03 Å². The lowest BCUT2D eigenvalue weighted by molar-refractivity contribution is 0.608. The van der Waals surface area contributed by atoms with Crippen molar-refractivity contribution in [1.29, 1.82) is 0 Å². The van der Waals surface area contributed by atoms with Crippen molar-refractivity contribution < 1.29 is 8.42 Å². The van der Waals surface area contributed by atoms with E-state index in [1.807, 2.05) is 30.3 Å². The first-order valence-electron chi connectivity index (χ1n) is 4.52. The second-order valence-electron chi connectivity index (χ2n) is 3.37. The number of rotatable bonds is 1. The van der Waals surface area contributed by atoms with Gasteiger partial charge in [-0.3, -0.25) is 0 Å². The fourth-order valence-corrected chi connectivity index (χ4v) is 2.01. The molecule has 0 aromatic heterocycles. The van der Waals surface area contributed by atoms with Crippen LogP contribution in [0.15, 0.2) is 41.4 Å². The molecule has 0 saturated heterocycles. The molecule has 78 valence electrons. The summed E-state index contributed by atoms with van der Waals surface area (Å²) >= 11 is 0. The van der Waals surface area contributed by atoms with E-state index in [-0.39, 0.29) is 5.03 Å². The van der Waals surface area contributed by atoms with Gasteiger partial charge in [-0.2, -0.15) is 0 Å². The fourth-order valence-electron chi connectivity index (χ4n) is 1.39. The maximum Gasteiger partial charge on any atom is 0.190 e. The van der Waals surface area contributed by atoms with Gasteiger partial charge in [0, 0.05) is 11.9 Å². The van der Waals surface area contributed by atoms with E-state index in [2.05, 4.69) is 5.32 Å². The fraction of sp³-hybridized carbons (Fsp3) is 0.0909. The summed E-state index contributed by atoms with van der Waals surface area (Å²) in [5.74, 6) is 0. The molecule has 1 aromatic carbocycles. The lowest BCUT2D eigenvalue weighted by Crippen LogP contribution is -2.10. The molecule has 1 aromatic rings. The largest absolute Gasteiger partial charge is 0.346 e. The van der Waals surface area contributed by atoms with Gasteiger partial charge < -0.3 is 5.32 Å². The average Bonchev–Trinajstić information content (AvgIpc) is 2.38. The molecule has 1 aliphatic heterocycles. The number of allylic oxidation sites excluding steroid dienone is 2. The Balaban J connectivity index is 2.49. The predicted octanol–water partition coefficient (Wildman–Crippen LogP) is 2.01. The molecule has 2 rings (SSSR count). The Morgan fingerprint density at radius 1 is 1.20 bits per heavy atom. The van der Waals surface area contributed by atoms with E-state index in [0.717, 1.165) is 11.3 Å². The first kappa shape index (κ1) is 9.98. The minimum absolute atomic E-state index is 0.226. The number of benzene rings is 1. The summed E-state index contributed by atoms with van der Waals surface area (Å²) in [6.07, 6.45) is 6.36. The summed E-state index contributed by atoms with van der Waals surface area (Å²) in [5.41, 5.74) is 1.79. The van der Waals surface area contributed by atoms with Crippen LogP contribution < -0.4 is 5.32 Å². The van der Waals surface area contributed by atoms with Crippen molar-refractivity contribution in [2.24, 2.45) is 0 Å². The zero-order chi connectivity index (χ0) is 10.9. The topological polar surface area (TPSA) is 46.2 Å². The zero-order valence-electron chi connectivity index (χ0n) is 8.27. The van der Waals surface area contributed by atoms with E-state index in [1.54, 1.807) is 12.2 Å². The molecule has 1 N–H and O–H groups in total. The highest BCUT2D eigenvalue weighted by atomic mass is 32.2. The van der Waals surface area contributed by atoms with Gasteiger partial charge in [0.15, 0.2) is 9.84 Å². The first-order chi connectivity index (χ1) is 7.07. The molecular weight excluding hydrogens is 210 g/mol. The molecule has 0 atom stereocenters. The molecule has 0 unspecified atom stereocenters. The van der Waals surface area contributed by atoms with Crippen LogP contribution in [0.5, 0.6) is 0 Å². The average molecular weight is 221 g/mol. The quantitative estimate of drug-likeness (QED) is 0.789. The van der Waals surface area contributed by atoms with Gasteiger partial charge in [-0.1, -0.05) is 30.4 Å². The molecule has 0 saturated carbocycles. The number of nitrogens with one attached hydrogen (secondary N) is 1. The van der Waals surface area contributed by atoms with Crippen LogP contribution in [0.1, 0.15) is 5.56 Å². The van der Waals surface area contributed by atoms with Crippen molar-refractivity contribution >= 4 is 21.6 Å². The van der Waals surface area contributed by atoms with Crippen LogP contribution in [0.3, 0.4) is 0 Å². The second kappa shape index (κ2) is 3.55. The molecule has 15 heavy (non-hydrogen) atoms. The Labute approximate surface area is 89.0 Å². The van der Waals surface area contributed by atoms with E-state index in [0.29, 0.717) is 0 Å². The van der Waals surface area contributed by atoms with Crippen molar-refractivity contribution in [2.45, 2.75) is 0 Å². The van der Waals surface area contributed by atoms with E-state index < -0.39 is 9.84 Å². The summed E-state index contributed by atoms with van der Waals surface area (Å²) < 4.78 is 22.8. The molecule has 1 aliphatic rings. The number of fused-ring (bicyclic) bond motifs is 1. The van der Waals surface area contributed by atoms with Crippen LogP contribution in [0.4, 0.5) is 5.69 Å². The third-order valence-corrected chi connectivity index (χ3v) is 3.18. The van der Waals surface area contributed by atoms with Gasteiger partial charge in [-0.25, -0.2) is 8.42 Å². The summed E-state index contributed by atoms with van der Waals surface area (Å²) in [4.78, 5) is 0. The number of para-hydroxylation sites is 1. The van der Waals surface area contributed by atoms with Gasteiger partial charge in [0.2, 0.25) is 0 Å². The van der Waals surface area contributed by atoms with Gasteiger partial charge in [-0.05, 0) is 17.7 Å². The molecule has 0 bridgehead atoms. The van der Waals surface area contributed by atoms with Crippen LogP contribution in [0.25, 0.3) is 6.08 Å². The summed E-state index contributed by atoms with van der Waals surface area (Å²) in [6, 6.07) is 7.56. The van der Waals surface area contributed by atoms with E-state index in [4.69, 9.17) is 0 Å². The molecule has 0 fully saturated rings.